The van der Waals surface area contributed by atoms with Crippen LogP contribution in [0.4, 0.5) is 13.2 Å². The summed E-state index contributed by atoms with van der Waals surface area (Å²) in [5.74, 6) is 0.189. The van der Waals surface area contributed by atoms with Crippen LogP contribution < -0.4 is 5.32 Å². The van der Waals surface area contributed by atoms with Crippen molar-refractivity contribution in [2.24, 2.45) is 0 Å². The molecular weight excluding hydrogens is 171 g/mol. The van der Waals surface area contributed by atoms with E-state index < -0.39 is 18.1 Å². The van der Waals surface area contributed by atoms with Gasteiger partial charge in [0.2, 0.25) is 0 Å². The fourth-order valence-corrected chi connectivity index (χ4v) is 0.533. The molecule has 0 aromatic carbocycles. The first kappa shape index (κ1) is 10.8. The number of hydrogen-bond donors (Lipinski definition) is 1. The molecule has 0 bridgehead atoms. The lowest BCUT2D eigenvalue weighted by atomic mass is 10.2. The number of halogens is 3. The van der Waals surface area contributed by atoms with Crippen LogP contribution >= 0.6 is 0 Å². The van der Waals surface area contributed by atoms with Crippen LogP contribution in [-0.4, -0.2) is 18.1 Å². The van der Waals surface area contributed by atoms with E-state index in [1.54, 1.807) is 5.32 Å². The molecule has 12 heavy (non-hydrogen) atoms. The van der Waals surface area contributed by atoms with Gasteiger partial charge in [0.05, 0.1) is 0 Å². The first-order valence-electron chi connectivity index (χ1n) is 3.19. The lowest BCUT2D eigenvalue weighted by Gasteiger charge is -2.12. The van der Waals surface area contributed by atoms with Gasteiger partial charge in [-0.1, -0.05) is 0 Å². The van der Waals surface area contributed by atoms with E-state index in [2.05, 4.69) is 5.92 Å². The highest BCUT2D eigenvalue weighted by Gasteiger charge is 2.38. The van der Waals surface area contributed by atoms with Crippen LogP contribution in [0.2, 0.25) is 0 Å². The second kappa shape index (κ2) is 4.00. The summed E-state index contributed by atoms with van der Waals surface area (Å²) >= 11 is 0. The molecule has 0 saturated carbocycles. The minimum atomic E-state index is -4.83. The molecule has 0 heterocycles. The highest BCUT2D eigenvalue weighted by molar-refractivity contribution is 5.81. The van der Waals surface area contributed by atoms with Crippen molar-refractivity contribution in [1.82, 2.24) is 5.32 Å². The van der Waals surface area contributed by atoms with Gasteiger partial charge in [0.15, 0.2) is 0 Å². The molecule has 0 aliphatic rings. The third-order valence-electron chi connectivity index (χ3n) is 1.06. The van der Waals surface area contributed by atoms with Crippen molar-refractivity contribution in [2.75, 3.05) is 0 Å². The van der Waals surface area contributed by atoms with Crippen molar-refractivity contribution in [3.05, 3.63) is 0 Å². The SMILES string of the molecule is C#CCC(C)NC(=O)C(F)(F)F. The molecule has 0 rings (SSSR count). The van der Waals surface area contributed by atoms with E-state index in [1.165, 1.54) is 6.92 Å². The highest BCUT2D eigenvalue weighted by Crippen LogP contribution is 2.14. The van der Waals surface area contributed by atoms with E-state index in [9.17, 15) is 18.0 Å². The Labute approximate surface area is 68.1 Å². The summed E-state index contributed by atoms with van der Waals surface area (Å²) in [7, 11) is 0. The normalized spacial score (nSPS) is 13.2. The molecule has 0 radical (unpaired) electrons. The zero-order valence-electron chi connectivity index (χ0n) is 6.40. The van der Waals surface area contributed by atoms with E-state index in [4.69, 9.17) is 6.42 Å². The van der Waals surface area contributed by atoms with Crippen molar-refractivity contribution in [2.45, 2.75) is 25.6 Å². The number of amides is 1. The van der Waals surface area contributed by atoms with Gasteiger partial charge >= 0.3 is 12.1 Å². The number of carbonyl (C=O) groups excluding carboxylic acids is 1. The fraction of sp³-hybridized carbons (Fsp3) is 0.571. The van der Waals surface area contributed by atoms with Gasteiger partial charge in [-0.2, -0.15) is 13.2 Å². The van der Waals surface area contributed by atoms with Crippen LogP contribution in [0.15, 0.2) is 0 Å². The fourth-order valence-electron chi connectivity index (χ4n) is 0.533. The largest absolute Gasteiger partial charge is 0.471 e. The lowest BCUT2D eigenvalue weighted by molar-refractivity contribution is -0.174. The van der Waals surface area contributed by atoms with E-state index in [-0.39, 0.29) is 6.42 Å². The van der Waals surface area contributed by atoms with Gasteiger partial charge in [0.25, 0.3) is 0 Å². The number of hydrogen-bond acceptors (Lipinski definition) is 1. The predicted molar refractivity (Wildman–Crippen MR) is 37.1 cm³/mol. The van der Waals surface area contributed by atoms with Crippen molar-refractivity contribution in [3.8, 4) is 12.3 Å². The maximum Gasteiger partial charge on any atom is 0.471 e. The maximum atomic E-state index is 11.6. The topological polar surface area (TPSA) is 29.1 Å². The average Bonchev–Trinajstić information content (AvgIpc) is 1.85. The van der Waals surface area contributed by atoms with Crippen LogP contribution in [0.3, 0.4) is 0 Å². The van der Waals surface area contributed by atoms with Gasteiger partial charge in [0, 0.05) is 12.5 Å². The van der Waals surface area contributed by atoms with Crippen LogP contribution in [-0.2, 0) is 4.79 Å². The van der Waals surface area contributed by atoms with E-state index >= 15 is 0 Å². The third kappa shape index (κ3) is 3.86. The molecule has 0 fully saturated rings. The number of rotatable bonds is 2. The molecule has 0 saturated heterocycles. The van der Waals surface area contributed by atoms with Crippen LogP contribution in [0, 0.1) is 12.3 Å². The Hall–Kier alpha value is -1.18. The summed E-state index contributed by atoms with van der Waals surface area (Å²) in [6.45, 7) is 1.41. The smallest absolute Gasteiger partial charge is 0.345 e. The molecule has 5 heteroatoms. The van der Waals surface area contributed by atoms with Gasteiger partial charge in [-0.05, 0) is 6.92 Å². The van der Waals surface area contributed by atoms with Gasteiger partial charge in [-0.3, -0.25) is 4.79 Å². The monoisotopic (exact) mass is 179 g/mol. The van der Waals surface area contributed by atoms with Crippen molar-refractivity contribution in [1.29, 1.82) is 0 Å². The van der Waals surface area contributed by atoms with E-state index in [0.29, 0.717) is 0 Å². The van der Waals surface area contributed by atoms with Crippen molar-refractivity contribution in [3.63, 3.8) is 0 Å². The molecule has 2 nitrogen and oxygen atoms in total. The van der Waals surface area contributed by atoms with Gasteiger partial charge in [-0.25, -0.2) is 0 Å². The number of terminal acetylenes is 1. The standard InChI is InChI=1S/C7H8F3NO/c1-3-4-5(2)11-6(12)7(8,9)10/h1,5H,4H2,2H3,(H,11,12). The molecule has 1 unspecified atom stereocenters. The minimum Gasteiger partial charge on any atom is -0.345 e. The Morgan fingerprint density at radius 2 is 2.17 bits per heavy atom. The van der Waals surface area contributed by atoms with Crippen LogP contribution in [0.25, 0.3) is 0 Å². The van der Waals surface area contributed by atoms with E-state index in [0.717, 1.165) is 0 Å². The van der Waals surface area contributed by atoms with Crippen molar-refractivity contribution >= 4 is 5.91 Å². The number of carbonyl (C=O) groups is 1. The lowest BCUT2D eigenvalue weighted by Crippen LogP contribution is -2.41. The van der Waals surface area contributed by atoms with Crippen LogP contribution in [0.1, 0.15) is 13.3 Å². The van der Waals surface area contributed by atoms with Gasteiger partial charge in [0.1, 0.15) is 0 Å². The Kier molecular flexibility index (Phi) is 3.61. The molecule has 0 aromatic rings. The third-order valence-corrected chi connectivity index (χ3v) is 1.06. The Morgan fingerprint density at radius 3 is 2.50 bits per heavy atom. The van der Waals surface area contributed by atoms with Gasteiger partial charge in [-0.15, -0.1) is 12.3 Å². The second-order valence-corrected chi connectivity index (χ2v) is 2.28. The first-order chi connectivity index (χ1) is 5.38. The number of nitrogens with one attached hydrogen (secondary N) is 1. The van der Waals surface area contributed by atoms with Gasteiger partial charge < -0.3 is 5.32 Å². The maximum absolute atomic E-state index is 11.6. The molecule has 1 N–H and O–H groups in total. The summed E-state index contributed by atoms with van der Waals surface area (Å²) in [6.07, 6.45) is 0.0863. The summed E-state index contributed by atoms with van der Waals surface area (Å²) in [6, 6.07) is -0.649. The highest BCUT2D eigenvalue weighted by atomic mass is 19.4. The summed E-state index contributed by atoms with van der Waals surface area (Å²) < 4.78 is 34.8. The molecule has 0 aliphatic carbocycles. The quantitative estimate of drug-likeness (QED) is 0.631. The summed E-state index contributed by atoms with van der Waals surface area (Å²) in [4.78, 5) is 10.2. The first-order valence-corrected chi connectivity index (χ1v) is 3.19. The molecule has 68 valence electrons. The molecular formula is C7H8F3NO. The molecule has 0 spiro atoms. The zero-order valence-corrected chi connectivity index (χ0v) is 6.40. The second-order valence-electron chi connectivity index (χ2n) is 2.28. The average molecular weight is 179 g/mol. The molecule has 0 aliphatic heterocycles. The molecule has 1 amide bonds. The Morgan fingerprint density at radius 1 is 1.67 bits per heavy atom. The molecule has 1 atom stereocenters. The predicted octanol–water partition coefficient (Wildman–Crippen LogP) is 1.08. The minimum absolute atomic E-state index is 0.0851. The Bertz CT molecular complexity index is 204. The Balaban J connectivity index is 3.95. The summed E-state index contributed by atoms with van der Waals surface area (Å²) in [5, 5.41) is 1.71. The van der Waals surface area contributed by atoms with E-state index in [1.807, 2.05) is 0 Å². The van der Waals surface area contributed by atoms with Crippen molar-refractivity contribution < 1.29 is 18.0 Å². The zero-order chi connectivity index (χ0) is 9.78. The molecule has 0 aromatic heterocycles. The van der Waals surface area contributed by atoms with Crippen LogP contribution in [0.5, 0.6) is 0 Å². The number of alkyl halides is 3. The summed E-state index contributed by atoms with van der Waals surface area (Å²) in [5.41, 5.74) is 0.